The molecule has 3 nitrogen and oxygen atoms in total. The third-order valence-electron chi connectivity index (χ3n) is 2.65. The third-order valence-corrected chi connectivity index (χ3v) is 4.15. The standard InChI is InChI=1S/C16H16ClN3S2/c1-2-18-16(21)20-19-11-12-3-7-14(8-4-12)22-15-9-5-13(17)6-10-15/h3-11H,2H2,1H3,(H2,18,20,21). The largest absolute Gasteiger partial charge is 0.362 e. The molecule has 2 rings (SSSR count). The Morgan fingerprint density at radius 2 is 1.73 bits per heavy atom. The Kier molecular flexibility index (Phi) is 6.71. The maximum absolute atomic E-state index is 5.88. The highest BCUT2D eigenvalue weighted by Crippen LogP contribution is 2.28. The number of halogens is 1. The Hall–Kier alpha value is -1.56. The molecule has 6 heteroatoms. The predicted molar refractivity (Wildman–Crippen MR) is 99.0 cm³/mol. The zero-order chi connectivity index (χ0) is 15.8. The van der Waals surface area contributed by atoms with Gasteiger partial charge in [0.1, 0.15) is 0 Å². The van der Waals surface area contributed by atoms with Crippen LogP contribution in [-0.2, 0) is 0 Å². The maximum Gasteiger partial charge on any atom is 0.186 e. The van der Waals surface area contributed by atoms with Crippen LogP contribution in [0.15, 0.2) is 63.4 Å². The van der Waals surface area contributed by atoms with Gasteiger partial charge in [-0.25, -0.2) is 0 Å². The minimum absolute atomic E-state index is 0.522. The Bertz CT molecular complexity index is 639. The Balaban J connectivity index is 1.91. The van der Waals surface area contributed by atoms with Crippen molar-refractivity contribution < 1.29 is 0 Å². The van der Waals surface area contributed by atoms with E-state index in [1.165, 1.54) is 0 Å². The SMILES string of the molecule is CCNC(=S)NN=Cc1ccc(Sc2ccc(Cl)cc2)cc1. The van der Waals surface area contributed by atoms with E-state index >= 15 is 0 Å². The van der Waals surface area contributed by atoms with E-state index in [4.69, 9.17) is 23.8 Å². The second-order valence-corrected chi connectivity index (χ2v) is 6.35. The lowest BCUT2D eigenvalue weighted by Gasteiger charge is -2.03. The van der Waals surface area contributed by atoms with Crippen molar-refractivity contribution in [3.05, 3.63) is 59.1 Å². The van der Waals surface area contributed by atoms with E-state index in [0.29, 0.717) is 5.11 Å². The van der Waals surface area contributed by atoms with Crippen LogP contribution in [0.4, 0.5) is 0 Å². The fourth-order valence-electron chi connectivity index (χ4n) is 1.63. The molecule has 0 saturated carbocycles. The molecule has 0 amide bonds. The van der Waals surface area contributed by atoms with E-state index in [0.717, 1.165) is 26.9 Å². The van der Waals surface area contributed by atoms with Crippen LogP contribution >= 0.6 is 35.6 Å². The van der Waals surface area contributed by atoms with Crippen LogP contribution in [0.25, 0.3) is 0 Å². The van der Waals surface area contributed by atoms with E-state index in [1.807, 2.05) is 43.3 Å². The number of benzene rings is 2. The van der Waals surface area contributed by atoms with Gasteiger partial charge < -0.3 is 5.32 Å². The molecule has 0 aliphatic carbocycles. The Labute approximate surface area is 145 Å². The second kappa shape index (κ2) is 8.78. The fourth-order valence-corrected chi connectivity index (χ4v) is 2.77. The van der Waals surface area contributed by atoms with Gasteiger partial charge in [-0.3, -0.25) is 5.43 Å². The molecule has 22 heavy (non-hydrogen) atoms. The summed E-state index contributed by atoms with van der Waals surface area (Å²) >= 11 is 12.6. The molecule has 0 spiro atoms. The number of thiocarbonyl (C=S) groups is 1. The number of hydrogen-bond donors (Lipinski definition) is 2. The van der Waals surface area contributed by atoms with Gasteiger partial charge in [-0.1, -0.05) is 35.5 Å². The molecule has 0 fully saturated rings. The number of nitrogens with zero attached hydrogens (tertiary/aromatic N) is 1. The van der Waals surface area contributed by atoms with Crippen molar-refractivity contribution in [3.63, 3.8) is 0 Å². The highest BCUT2D eigenvalue weighted by atomic mass is 35.5. The molecule has 0 heterocycles. The van der Waals surface area contributed by atoms with E-state index in [1.54, 1.807) is 18.0 Å². The van der Waals surface area contributed by atoms with Gasteiger partial charge in [-0.15, -0.1) is 0 Å². The summed E-state index contributed by atoms with van der Waals surface area (Å²) in [5.41, 5.74) is 3.77. The van der Waals surface area contributed by atoms with Crippen LogP contribution in [0.5, 0.6) is 0 Å². The molecular weight excluding hydrogens is 334 g/mol. The Morgan fingerprint density at radius 3 is 2.32 bits per heavy atom. The zero-order valence-electron chi connectivity index (χ0n) is 12.0. The molecule has 0 aliphatic rings. The van der Waals surface area contributed by atoms with Crippen molar-refractivity contribution in [3.8, 4) is 0 Å². The van der Waals surface area contributed by atoms with Crippen molar-refractivity contribution in [2.24, 2.45) is 5.10 Å². The van der Waals surface area contributed by atoms with Gasteiger partial charge in [0.05, 0.1) is 6.21 Å². The monoisotopic (exact) mass is 349 g/mol. The lowest BCUT2D eigenvalue weighted by molar-refractivity contribution is 0.904. The van der Waals surface area contributed by atoms with Crippen LogP contribution in [-0.4, -0.2) is 17.9 Å². The number of rotatable bonds is 5. The molecule has 2 N–H and O–H groups in total. The zero-order valence-corrected chi connectivity index (χ0v) is 14.4. The molecule has 0 unspecified atom stereocenters. The second-order valence-electron chi connectivity index (χ2n) is 4.35. The van der Waals surface area contributed by atoms with Crippen molar-refractivity contribution in [1.82, 2.24) is 10.7 Å². The summed E-state index contributed by atoms with van der Waals surface area (Å²) in [5, 5.41) is 8.32. The van der Waals surface area contributed by atoms with Gasteiger partial charge in [0.25, 0.3) is 0 Å². The van der Waals surface area contributed by atoms with Gasteiger partial charge in [-0.2, -0.15) is 5.10 Å². The van der Waals surface area contributed by atoms with E-state index < -0.39 is 0 Å². The van der Waals surface area contributed by atoms with Gasteiger partial charge in [-0.05, 0) is 61.1 Å². The third kappa shape index (κ3) is 5.67. The minimum atomic E-state index is 0.522. The van der Waals surface area contributed by atoms with Crippen LogP contribution < -0.4 is 10.7 Å². The molecule has 0 aromatic heterocycles. The van der Waals surface area contributed by atoms with Gasteiger partial charge >= 0.3 is 0 Å². The van der Waals surface area contributed by atoms with Gasteiger partial charge in [0.2, 0.25) is 0 Å². The van der Waals surface area contributed by atoms with Crippen LogP contribution in [0, 0.1) is 0 Å². The summed E-state index contributed by atoms with van der Waals surface area (Å²) in [7, 11) is 0. The average Bonchev–Trinajstić information content (AvgIpc) is 2.52. The molecule has 2 aromatic carbocycles. The normalized spacial score (nSPS) is 10.6. The molecule has 0 saturated heterocycles. The van der Waals surface area contributed by atoms with Gasteiger partial charge in [0.15, 0.2) is 5.11 Å². The van der Waals surface area contributed by atoms with Gasteiger partial charge in [0, 0.05) is 21.4 Å². The fraction of sp³-hybridized carbons (Fsp3) is 0.125. The number of nitrogens with one attached hydrogen (secondary N) is 2. The molecule has 0 radical (unpaired) electrons. The van der Waals surface area contributed by atoms with Crippen LogP contribution in [0.1, 0.15) is 12.5 Å². The quantitative estimate of drug-likeness (QED) is 0.479. The summed E-state index contributed by atoms with van der Waals surface area (Å²) in [6, 6.07) is 15.9. The summed E-state index contributed by atoms with van der Waals surface area (Å²) in [6.07, 6.45) is 1.74. The highest BCUT2D eigenvalue weighted by Gasteiger charge is 1.98. The summed E-state index contributed by atoms with van der Waals surface area (Å²) < 4.78 is 0. The number of hydrogen-bond acceptors (Lipinski definition) is 3. The maximum atomic E-state index is 5.88. The van der Waals surface area contributed by atoms with Crippen LogP contribution in [0.2, 0.25) is 5.02 Å². The summed E-state index contributed by atoms with van der Waals surface area (Å²) in [6.45, 7) is 2.76. The van der Waals surface area contributed by atoms with E-state index in [-0.39, 0.29) is 0 Å². The molecule has 0 bridgehead atoms. The first kappa shape index (κ1) is 16.8. The average molecular weight is 350 g/mol. The molecule has 0 atom stereocenters. The molecule has 114 valence electrons. The lowest BCUT2D eigenvalue weighted by atomic mass is 10.2. The summed E-state index contributed by atoms with van der Waals surface area (Å²) in [4.78, 5) is 2.32. The minimum Gasteiger partial charge on any atom is -0.362 e. The van der Waals surface area contributed by atoms with E-state index in [2.05, 4.69) is 28.0 Å². The topological polar surface area (TPSA) is 36.4 Å². The highest BCUT2D eigenvalue weighted by molar-refractivity contribution is 7.99. The first-order valence-electron chi connectivity index (χ1n) is 6.78. The molecule has 2 aromatic rings. The van der Waals surface area contributed by atoms with Crippen molar-refractivity contribution >= 4 is 46.9 Å². The molecular formula is C16H16ClN3S2. The van der Waals surface area contributed by atoms with E-state index in [9.17, 15) is 0 Å². The molecule has 0 aliphatic heterocycles. The summed E-state index contributed by atoms with van der Waals surface area (Å²) in [5.74, 6) is 0. The van der Waals surface area contributed by atoms with Crippen molar-refractivity contribution in [1.29, 1.82) is 0 Å². The van der Waals surface area contributed by atoms with Crippen LogP contribution in [0.3, 0.4) is 0 Å². The lowest BCUT2D eigenvalue weighted by Crippen LogP contribution is -2.31. The first-order valence-corrected chi connectivity index (χ1v) is 8.38. The Morgan fingerprint density at radius 1 is 1.14 bits per heavy atom. The van der Waals surface area contributed by atoms with Crippen molar-refractivity contribution in [2.45, 2.75) is 16.7 Å². The van der Waals surface area contributed by atoms with Crippen molar-refractivity contribution in [2.75, 3.05) is 6.54 Å². The first-order chi connectivity index (χ1) is 10.7. The smallest absolute Gasteiger partial charge is 0.186 e. The predicted octanol–water partition coefficient (Wildman–Crippen LogP) is 4.31. The number of hydrazone groups is 1.